The minimum absolute atomic E-state index is 0.177. The highest BCUT2D eigenvalue weighted by molar-refractivity contribution is 5.96. The van der Waals surface area contributed by atoms with E-state index in [9.17, 15) is 9.59 Å². The molecule has 0 saturated carbocycles. The highest BCUT2D eigenvalue weighted by Crippen LogP contribution is 2.21. The SMILES string of the molecule is CCCCCOc1ccc(C(=O)Oc2ccccc2C(=O)OCC)cc1. The van der Waals surface area contributed by atoms with Gasteiger partial charge in [0.05, 0.1) is 18.8 Å². The van der Waals surface area contributed by atoms with Crippen LogP contribution in [0.15, 0.2) is 48.5 Å². The molecule has 5 heteroatoms. The largest absolute Gasteiger partial charge is 0.494 e. The lowest BCUT2D eigenvalue weighted by atomic mass is 10.2. The van der Waals surface area contributed by atoms with E-state index in [0.717, 1.165) is 19.3 Å². The van der Waals surface area contributed by atoms with E-state index in [1.54, 1.807) is 55.5 Å². The summed E-state index contributed by atoms with van der Waals surface area (Å²) in [5.41, 5.74) is 0.600. The van der Waals surface area contributed by atoms with Crippen LogP contribution in [0.25, 0.3) is 0 Å². The number of hydrogen-bond acceptors (Lipinski definition) is 5. The molecule has 2 rings (SSSR count). The predicted octanol–water partition coefficient (Wildman–Crippen LogP) is 4.65. The molecule has 0 radical (unpaired) electrons. The molecular weight excluding hydrogens is 332 g/mol. The van der Waals surface area contributed by atoms with Crippen LogP contribution >= 0.6 is 0 Å². The Balaban J connectivity index is 2.01. The fourth-order valence-electron chi connectivity index (χ4n) is 2.32. The van der Waals surface area contributed by atoms with Gasteiger partial charge in [-0.3, -0.25) is 0 Å². The lowest BCUT2D eigenvalue weighted by Gasteiger charge is -2.10. The van der Waals surface area contributed by atoms with E-state index in [4.69, 9.17) is 14.2 Å². The Hall–Kier alpha value is -2.82. The van der Waals surface area contributed by atoms with Gasteiger partial charge in [-0.2, -0.15) is 0 Å². The van der Waals surface area contributed by atoms with Crippen molar-refractivity contribution in [3.8, 4) is 11.5 Å². The third kappa shape index (κ3) is 5.62. The van der Waals surface area contributed by atoms with Gasteiger partial charge < -0.3 is 14.2 Å². The Morgan fingerprint density at radius 2 is 1.62 bits per heavy atom. The molecule has 0 fully saturated rings. The van der Waals surface area contributed by atoms with Gasteiger partial charge in [-0.25, -0.2) is 9.59 Å². The van der Waals surface area contributed by atoms with Crippen molar-refractivity contribution in [2.75, 3.05) is 13.2 Å². The lowest BCUT2D eigenvalue weighted by Crippen LogP contribution is -2.13. The first-order chi connectivity index (χ1) is 12.7. The number of carbonyl (C=O) groups excluding carboxylic acids is 2. The summed E-state index contributed by atoms with van der Waals surface area (Å²) in [7, 11) is 0. The molecule has 0 atom stereocenters. The molecule has 0 aromatic heterocycles. The standard InChI is InChI=1S/C21H24O5/c1-3-5-8-15-25-17-13-11-16(12-14-17)20(22)26-19-10-7-6-9-18(19)21(23)24-4-2/h6-7,9-14H,3-5,8,15H2,1-2H3. The van der Waals surface area contributed by atoms with E-state index in [2.05, 4.69) is 6.92 Å². The van der Waals surface area contributed by atoms with E-state index in [1.165, 1.54) is 0 Å². The van der Waals surface area contributed by atoms with Gasteiger partial charge in [0.15, 0.2) is 0 Å². The summed E-state index contributed by atoms with van der Waals surface area (Å²) in [6.07, 6.45) is 3.27. The molecule has 0 N–H and O–H groups in total. The molecule has 0 heterocycles. The van der Waals surface area contributed by atoms with Crippen molar-refractivity contribution in [3.63, 3.8) is 0 Å². The maximum atomic E-state index is 12.3. The fourth-order valence-corrected chi connectivity index (χ4v) is 2.32. The molecule has 0 amide bonds. The molecular formula is C21H24O5. The molecule has 0 aliphatic rings. The molecule has 138 valence electrons. The Kier molecular flexibility index (Phi) is 7.68. The minimum Gasteiger partial charge on any atom is -0.494 e. The molecule has 2 aromatic rings. The average molecular weight is 356 g/mol. The predicted molar refractivity (Wildman–Crippen MR) is 98.8 cm³/mol. The first-order valence-electron chi connectivity index (χ1n) is 8.87. The van der Waals surface area contributed by atoms with Gasteiger partial charge in [-0.1, -0.05) is 31.9 Å². The number of para-hydroxylation sites is 1. The number of ether oxygens (including phenoxy) is 3. The zero-order valence-electron chi connectivity index (χ0n) is 15.2. The van der Waals surface area contributed by atoms with E-state index < -0.39 is 11.9 Å². The van der Waals surface area contributed by atoms with Crippen LogP contribution < -0.4 is 9.47 Å². The summed E-state index contributed by atoms with van der Waals surface area (Å²) in [6.45, 7) is 4.77. The molecule has 0 spiro atoms. The molecule has 0 aliphatic carbocycles. The normalized spacial score (nSPS) is 10.2. The summed E-state index contributed by atoms with van der Waals surface area (Å²) >= 11 is 0. The summed E-state index contributed by atoms with van der Waals surface area (Å²) in [6, 6.07) is 13.3. The topological polar surface area (TPSA) is 61.8 Å². The average Bonchev–Trinajstić information content (AvgIpc) is 2.66. The smallest absolute Gasteiger partial charge is 0.343 e. The highest BCUT2D eigenvalue weighted by Gasteiger charge is 2.17. The van der Waals surface area contributed by atoms with Gasteiger partial charge in [0.2, 0.25) is 0 Å². The molecule has 26 heavy (non-hydrogen) atoms. The molecule has 0 bridgehead atoms. The van der Waals surface area contributed by atoms with Gasteiger partial charge in [-0.05, 0) is 49.7 Å². The van der Waals surface area contributed by atoms with E-state index in [1.807, 2.05) is 0 Å². The summed E-state index contributed by atoms with van der Waals surface area (Å²) in [5, 5.41) is 0. The quantitative estimate of drug-likeness (QED) is 0.372. The third-order valence-electron chi connectivity index (χ3n) is 3.69. The molecule has 0 aliphatic heterocycles. The van der Waals surface area contributed by atoms with Crippen molar-refractivity contribution < 1.29 is 23.8 Å². The third-order valence-corrected chi connectivity index (χ3v) is 3.69. The van der Waals surface area contributed by atoms with Crippen LogP contribution in [0.3, 0.4) is 0 Å². The second-order valence-corrected chi connectivity index (χ2v) is 5.69. The zero-order valence-corrected chi connectivity index (χ0v) is 15.2. The van der Waals surface area contributed by atoms with Gasteiger partial charge in [0.1, 0.15) is 17.1 Å². The summed E-state index contributed by atoms with van der Waals surface area (Å²) < 4.78 is 16.0. The molecule has 5 nitrogen and oxygen atoms in total. The van der Waals surface area contributed by atoms with E-state index in [0.29, 0.717) is 17.9 Å². The van der Waals surface area contributed by atoms with Crippen molar-refractivity contribution in [2.24, 2.45) is 0 Å². The maximum Gasteiger partial charge on any atom is 0.343 e. The van der Waals surface area contributed by atoms with E-state index in [-0.39, 0.29) is 17.9 Å². The van der Waals surface area contributed by atoms with Crippen molar-refractivity contribution in [3.05, 3.63) is 59.7 Å². The van der Waals surface area contributed by atoms with Gasteiger partial charge >= 0.3 is 11.9 Å². The van der Waals surface area contributed by atoms with Crippen molar-refractivity contribution >= 4 is 11.9 Å². The second kappa shape index (κ2) is 10.2. The van der Waals surface area contributed by atoms with Gasteiger partial charge in [0, 0.05) is 0 Å². The fraction of sp³-hybridized carbons (Fsp3) is 0.333. The molecule has 2 aromatic carbocycles. The Morgan fingerprint density at radius 3 is 2.31 bits per heavy atom. The number of carbonyl (C=O) groups is 2. The Bertz CT molecular complexity index is 721. The second-order valence-electron chi connectivity index (χ2n) is 5.69. The van der Waals surface area contributed by atoms with Crippen LogP contribution in [0.2, 0.25) is 0 Å². The monoisotopic (exact) mass is 356 g/mol. The minimum atomic E-state index is -0.542. The number of rotatable bonds is 9. The van der Waals surface area contributed by atoms with Crippen molar-refractivity contribution in [1.82, 2.24) is 0 Å². The van der Waals surface area contributed by atoms with Gasteiger partial charge in [0.25, 0.3) is 0 Å². The Labute approximate surface area is 153 Å². The van der Waals surface area contributed by atoms with Crippen LogP contribution in [-0.2, 0) is 4.74 Å². The molecule has 0 saturated heterocycles. The van der Waals surface area contributed by atoms with Crippen LogP contribution in [0.4, 0.5) is 0 Å². The Morgan fingerprint density at radius 1 is 0.885 bits per heavy atom. The summed E-state index contributed by atoms with van der Waals surface area (Å²) in [5.74, 6) is -0.175. The summed E-state index contributed by atoms with van der Waals surface area (Å²) in [4.78, 5) is 24.3. The van der Waals surface area contributed by atoms with Gasteiger partial charge in [-0.15, -0.1) is 0 Å². The first kappa shape index (κ1) is 19.5. The van der Waals surface area contributed by atoms with Crippen molar-refractivity contribution in [2.45, 2.75) is 33.1 Å². The number of unbranched alkanes of at least 4 members (excludes halogenated alkanes) is 2. The maximum absolute atomic E-state index is 12.3. The number of benzene rings is 2. The first-order valence-corrected chi connectivity index (χ1v) is 8.87. The zero-order chi connectivity index (χ0) is 18.8. The molecule has 0 unspecified atom stereocenters. The van der Waals surface area contributed by atoms with E-state index >= 15 is 0 Å². The number of hydrogen-bond donors (Lipinski definition) is 0. The van der Waals surface area contributed by atoms with Crippen LogP contribution in [0, 0.1) is 0 Å². The van der Waals surface area contributed by atoms with Crippen LogP contribution in [0.5, 0.6) is 11.5 Å². The number of esters is 2. The van der Waals surface area contributed by atoms with Crippen molar-refractivity contribution in [1.29, 1.82) is 0 Å². The van der Waals surface area contributed by atoms with Crippen LogP contribution in [-0.4, -0.2) is 25.2 Å². The lowest BCUT2D eigenvalue weighted by molar-refractivity contribution is 0.0520. The highest BCUT2D eigenvalue weighted by atomic mass is 16.5. The van der Waals surface area contributed by atoms with Crippen LogP contribution in [0.1, 0.15) is 53.8 Å².